The first-order chi connectivity index (χ1) is 13.0. The fourth-order valence-electron chi connectivity index (χ4n) is 3.33. The molecule has 0 bridgehead atoms. The van der Waals surface area contributed by atoms with Crippen molar-refractivity contribution in [2.24, 2.45) is 0 Å². The third kappa shape index (κ3) is 5.10. The minimum absolute atomic E-state index is 0.0984. The van der Waals surface area contributed by atoms with Crippen LogP contribution in [-0.2, 0) is 16.1 Å². The Morgan fingerprint density at radius 1 is 1.41 bits per heavy atom. The van der Waals surface area contributed by atoms with Crippen LogP contribution in [0.2, 0.25) is 0 Å². The van der Waals surface area contributed by atoms with E-state index in [1.807, 2.05) is 32.0 Å². The maximum atomic E-state index is 12.5. The van der Waals surface area contributed by atoms with Crippen molar-refractivity contribution in [1.29, 1.82) is 0 Å². The van der Waals surface area contributed by atoms with Crippen molar-refractivity contribution in [3.8, 4) is 0 Å². The van der Waals surface area contributed by atoms with Crippen molar-refractivity contribution < 1.29 is 9.59 Å². The van der Waals surface area contributed by atoms with Gasteiger partial charge in [-0.3, -0.25) is 14.5 Å². The van der Waals surface area contributed by atoms with Gasteiger partial charge in [0.25, 0.3) is 0 Å². The van der Waals surface area contributed by atoms with E-state index in [0.717, 1.165) is 17.8 Å². The lowest BCUT2D eigenvalue weighted by molar-refractivity contribution is -0.134. The Morgan fingerprint density at radius 2 is 2.26 bits per heavy atom. The van der Waals surface area contributed by atoms with E-state index in [2.05, 4.69) is 31.6 Å². The predicted octanol–water partition coefficient (Wildman–Crippen LogP) is 1.35. The number of hydrogen-bond donors (Lipinski definition) is 2. The van der Waals surface area contributed by atoms with E-state index in [4.69, 9.17) is 0 Å². The number of carbonyl (C=O) groups excluding carboxylic acids is 2. The molecule has 0 radical (unpaired) electrons. The quantitative estimate of drug-likeness (QED) is 0.805. The number of benzene rings is 1. The van der Waals surface area contributed by atoms with Crippen molar-refractivity contribution in [1.82, 2.24) is 25.5 Å². The van der Waals surface area contributed by atoms with Gasteiger partial charge in [-0.2, -0.15) is 0 Å². The van der Waals surface area contributed by atoms with E-state index in [-0.39, 0.29) is 24.3 Å². The van der Waals surface area contributed by atoms with Gasteiger partial charge in [0.05, 0.1) is 24.2 Å². The molecule has 1 aromatic carbocycles. The summed E-state index contributed by atoms with van der Waals surface area (Å²) in [4.78, 5) is 35.0. The Morgan fingerprint density at radius 3 is 3.00 bits per heavy atom. The van der Waals surface area contributed by atoms with Crippen molar-refractivity contribution in [2.45, 2.75) is 38.9 Å². The molecule has 1 aliphatic rings. The van der Waals surface area contributed by atoms with Gasteiger partial charge in [0.15, 0.2) is 0 Å². The second-order valence-electron chi connectivity index (χ2n) is 6.89. The number of amides is 2. The molecule has 0 spiro atoms. The molecule has 2 amide bonds. The minimum Gasteiger partial charge on any atom is -0.353 e. The third-order valence-corrected chi connectivity index (χ3v) is 4.71. The number of hydrogen-bond acceptors (Lipinski definition) is 5. The Balaban J connectivity index is 1.64. The number of nitrogens with one attached hydrogen (secondary N) is 2. The summed E-state index contributed by atoms with van der Waals surface area (Å²) in [5, 5.41) is 5.79. The van der Waals surface area contributed by atoms with E-state index >= 15 is 0 Å². The molecule has 1 aromatic heterocycles. The van der Waals surface area contributed by atoms with Crippen LogP contribution in [-0.4, -0.2) is 45.8 Å². The van der Waals surface area contributed by atoms with E-state index < -0.39 is 6.04 Å². The fourth-order valence-corrected chi connectivity index (χ4v) is 3.33. The summed E-state index contributed by atoms with van der Waals surface area (Å²) in [5.41, 5.74) is 3.06. The highest BCUT2D eigenvalue weighted by molar-refractivity contribution is 5.88. The zero-order chi connectivity index (χ0) is 19.2. The summed E-state index contributed by atoms with van der Waals surface area (Å²) < 4.78 is 0. The lowest BCUT2D eigenvalue weighted by Crippen LogP contribution is -2.56. The highest BCUT2D eigenvalue weighted by atomic mass is 16.2. The molecule has 27 heavy (non-hydrogen) atoms. The average Bonchev–Trinajstić information content (AvgIpc) is 2.65. The van der Waals surface area contributed by atoms with Gasteiger partial charge in [-0.25, -0.2) is 9.97 Å². The number of rotatable bonds is 6. The molecular formula is C20H25N5O2. The van der Waals surface area contributed by atoms with Crippen LogP contribution in [0.25, 0.3) is 0 Å². The first-order valence-electron chi connectivity index (χ1n) is 9.15. The Hall–Kier alpha value is -2.80. The maximum absolute atomic E-state index is 12.5. The first-order valence-corrected chi connectivity index (χ1v) is 9.15. The van der Waals surface area contributed by atoms with Gasteiger partial charge in [-0.05, 0) is 25.5 Å². The number of carbonyl (C=O) groups is 2. The summed E-state index contributed by atoms with van der Waals surface area (Å²) in [6.07, 6.45) is 3.21. The van der Waals surface area contributed by atoms with Crippen molar-refractivity contribution >= 4 is 11.8 Å². The second kappa shape index (κ2) is 8.73. The molecule has 2 aromatic rings. The highest BCUT2D eigenvalue weighted by Gasteiger charge is 2.31. The van der Waals surface area contributed by atoms with Crippen LogP contribution in [0, 0.1) is 6.92 Å². The summed E-state index contributed by atoms with van der Waals surface area (Å²) in [6, 6.07) is 9.28. The van der Waals surface area contributed by atoms with Crippen LogP contribution in [0.4, 0.5) is 0 Å². The van der Waals surface area contributed by atoms with Gasteiger partial charge in [0.2, 0.25) is 11.8 Å². The summed E-state index contributed by atoms with van der Waals surface area (Å²) >= 11 is 0. The van der Waals surface area contributed by atoms with E-state index in [1.54, 1.807) is 12.3 Å². The summed E-state index contributed by atoms with van der Waals surface area (Å²) in [7, 11) is 0. The first kappa shape index (κ1) is 19.0. The predicted molar refractivity (Wildman–Crippen MR) is 102 cm³/mol. The van der Waals surface area contributed by atoms with Gasteiger partial charge >= 0.3 is 0 Å². The molecule has 7 nitrogen and oxygen atoms in total. The molecule has 7 heteroatoms. The van der Waals surface area contributed by atoms with E-state index in [0.29, 0.717) is 13.1 Å². The van der Waals surface area contributed by atoms with Crippen molar-refractivity contribution in [3.63, 3.8) is 0 Å². The van der Waals surface area contributed by atoms with Gasteiger partial charge in [0, 0.05) is 25.8 Å². The number of piperazine rings is 1. The average molecular weight is 367 g/mol. The second-order valence-corrected chi connectivity index (χ2v) is 6.89. The van der Waals surface area contributed by atoms with Crippen LogP contribution in [0.3, 0.4) is 0 Å². The van der Waals surface area contributed by atoms with Crippen LogP contribution < -0.4 is 10.6 Å². The highest BCUT2D eigenvalue weighted by Crippen LogP contribution is 2.16. The molecule has 1 fully saturated rings. The van der Waals surface area contributed by atoms with Crippen LogP contribution in [0.5, 0.6) is 0 Å². The van der Waals surface area contributed by atoms with Crippen LogP contribution in [0.1, 0.15) is 36.2 Å². The molecule has 2 N–H and O–H groups in total. The van der Waals surface area contributed by atoms with Crippen molar-refractivity contribution in [2.75, 3.05) is 13.1 Å². The van der Waals surface area contributed by atoms with Gasteiger partial charge < -0.3 is 10.6 Å². The topological polar surface area (TPSA) is 87.2 Å². The number of aryl methyl sites for hydroxylation is 1. The SMILES string of the molecule is Cc1cccc(CN2CCNC(=O)[C@H]2CC(=O)N[C@H](C)c2ccncn2)c1. The largest absolute Gasteiger partial charge is 0.353 e. The summed E-state index contributed by atoms with van der Waals surface area (Å²) in [6.45, 7) is 5.88. The zero-order valence-corrected chi connectivity index (χ0v) is 15.7. The number of nitrogens with zero attached hydrogens (tertiary/aromatic N) is 3. The monoisotopic (exact) mass is 367 g/mol. The van der Waals surface area contributed by atoms with Gasteiger partial charge in [0.1, 0.15) is 6.33 Å². The standard InChI is InChI=1S/C20H25N5O2/c1-14-4-3-5-16(10-14)12-25-9-8-22-20(27)18(25)11-19(26)24-15(2)17-6-7-21-13-23-17/h3-7,10,13,15,18H,8-9,11-12H2,1-2H3,(H,22,27)(H,24,26)/t15-,18-/m1/s1. The molecule has 0 aliphatic carbocycles. The Bertz CT molecular complexity index is 796. The molecule has 0 unspecified atom stereocenters. The molecule has 2 heterocycles. The van der Waals surface area contributed by atoms with Gasteiger partial charge in [-0.1, -0.05) is 29.8 Å². The van der Waals surface area contributed by atoms with E-state index in [1.165, 1.54) is 11.9 Å². The van der Waals surface area contributed by atoms with Crippen LogP contribution in [0.15, 0.2) is 42.9 Å². The molecule has 2 atom stereocenters. The number of aromatic nitrogens is 2. The fraction of sp³-hybridized carbons (Fsp3) is 0.400. The molecule has 3 rings (SSSR count). The normalized spacial score (nSPS) is 18.6. The lowest BCUT2D eigenvalue weighted by atomic mass is 10.1. The maximum Gasteiger partial charge on any atom is 0.237 e. The lowest BCUT2D eigenvalue weighted by Gasteiger charge is -2.35. The molecule has 142 valence electrons. The molecule has 0 saturated carbocycles. The summed E-state index contributed by atoms with van der Waals surface area (Å²) in [5.74, 6) is -0.267. The molecular weight excluding hydrogens is 342 g/mol. The van der Waals surface area contributed by atoms with Gasteiger partial charge in [-0.15, -0.1) is 0 Å². The third-order valence-electron chi connectivity index (χ3n) is 4.71. The smallest absolute Gasteiger partial charge is 0.237 e. The minimum atomic E-state index is -0.475. The Labute approximate surface area is 159 Å². The van der Waals surface area contributed by atoms with Crippen molar-refractivity contribution in [3.05, 3.63) is 59.7 Å². The molecule has 1 aliphatic heterocycles. The Kier molecular flexibility index (Phi) is 6.13. The van der Waals surface area contributed by atoms with Crippen LogP contribution >= 0.6 is 0 Å². The molecule has 1 saturated heterocycles. The van der Waals surface area contributed by atoms with E-state index in [9.17, 15) is 9.59 Å². The zero-order valence-electron chi connectivity index (χ0n) is 15.7.